The lowest BCUT2D eigenvalue weighted by Gasteiger charge is -2.12. The van der Waals surface area contributed by atoms with Crippen LogP contribution < -0.4 is 15.8 Å². The van der Waals surface area contributed by atoms with Crippen LogP contribution in [0.2, 0.25) is 10.0 Å². The summed E-state index contributed by atoms with van der Waals surface area (Å²) in [7, 11) is 0. The number of anilines is 2. The third-order valence-corrected chi connectivity index (χ3v) is 3.48. The van der Waals surface area contributed by atoms with E-state index >= 15 is 0 Å². The van der Waals surface area contributed by atoms with E-state index < -0.39 is 0 Å². The molecular formula is C15H14Cl2N4O. The summed E-state index contributed by atoms with van der Waals surface area (Å²) in [5.74, 6) is 0.709. The zero-order valence-corrected chi connectivity index (χ0v) is 13.4. The van der Waals surface area contributed by atoms with Crippen molar-refractivity contribution in [1.82, 2.24) is 4.98 Å². The van der Waals surface area contributed by atoms with Crippen molar-refractivity contribution in [3.05, 3.63) is 45.4 Å². The van der Waals surface area contributed by atoms with Crippen LogP contribution in [0.3, 0.4) is 0 Å². The minimum Gasteiger partial charge on any atom is -0.477 e. The number of aromatic nitrogens is 1. The molecule has 1 heterocycles. The summed E-state index contributed by atoms with van der Waals surface area (Å²) >= 11 is 12.1. The molecule has 2 aromatic rings. The fraction of sp³-hybridized carbons (Fsp3) is 0.200. The minimum absolute atomic E-state index is 0.213. The van der Waals surface area contributed by atoms with Gasteiger partial charge in [0.2, 0.25) is 5.88 Å². The molecule has 5 nitrogen and oxygen atoms in total. The predicted molar refractivity (Wildman–Crippen MR) is 88.3 cm³/mol. The summed E-state index contributed by atoms with van der Waals surface area (Å²) in [4.78, 5) is 4.25. The molecule has 7 heteroatoms. The molecule has 0 unspecified atom stereocenters. The van der Waals surface area contributed by atoms with E-state index in [2.05, 4.69) is 10.3 Å². The van der Waals surface area contributed by atoms with E-state index in [1.807, 2.05) is 13.0 Å². The van der Waals surface area contributed by atoms with Crippen molar-refractivity contribution in [3.8, 4) is 11.9 Å². The van der Waals surface area contributed by atoms with Gasteiger partial charge in [-0.15, -0.1) is 0 Å². The van der Waals surface area contributed by atoms with Crippen LogP contribution in [0.25, 0.3) is 0 Å². The highest BCUT2D eigenvalue weighted by Gasteiger charge is 2.12. The number of hydrogen-bond donors (Lipinski definition) is 2. The minimum atomic E-state index is 0.213. The maximum absolute atomic E-state index is 9.09. The highest BCUT2D eigenvalue weighted by molar-refractivity contribution is 6.33. The molecule has 0 aliphatic rings. The van der Waals surface area contributed by atoms with Gasteiger partial charge in [0.15, 0.2) is 0 Å². The van der Waals surface area contributed by atoms with Crippen molar-refractivity contribution in [2.75, 3.05) is 17.7 Å². The molecule has 0 fully saturated rings. The standard InChI is InChI=1S/C15H14Cl2N4O/c1-2-22-15-11(7-18)13(19)6-14(21-15)20-8-9-5-10(16)3-4-12(9)17/h3-6H,2,8H2,1H3,(H3,19,20,21). The van der Waals surface area contributed by atoms with E-state index in [0.717, 1.165) is 5.56 Å². The number of nitriles is 1. The maximum Gasteiger partial charge on any atom is 0.235 e. The zero-order chi connectivity index (χ0) is 16.1. The van der Waals surface area contributed by atoms with Crippen LogP contribution in [0.4, 0.5) is 11.5 Å². The van der Waals surface area contributed by atoms with Gasteiger partial charge >= 0.3 is 0 Å². The highest BCUT2D eigenvalue weighted by atomic mass is 35.5. The number of pyridine rings is 1. The summed E-state index contributed by atoms with van der Waals surface area (Å²) in [6.07, 6.45) is 0. The Morgan fingerprint density at radius 2 is 2.14 bits per heavy atom. The Morgan fingerprint density at radius 3 is 2.82 bits per heavy atom. The molecule has 0 bridgehead atoms. The second-order valence-electron chi connectivity index (χ2n) is 4.41. The Bertz CT molecular complexity index is 728. The number of nitrogens with one attached hydrogen (secondary N) is 1. The molecule has 0 amide bonds. The van der Waals surface area contributed by atoms with Crippen LogP contribution >= 0.6 is 23.2 Å². The van der Waals surface area contributed by atoms with Crippen molar-refractivity contribution >= 4 is 34.7 Å². The van der Waals surface area contributed by atoms with E-state index in [4.69, 9.17) is 38.9 Å². The number of rotatable bonds is 5. The Labute approximate surface area is 138 Å². The van der Waals surface area contributed by atoms with Gasteiger partial charge in [-0.25, -0.2) is 0 Å². The monoisotopic (exact) mass is 336 g/mol. The molecule has 2 rings (SSSR count). The molecule has 1 aromatic heterocycles. The second-order valence-corrected chi connectivity index (χ2v) is 5.25. The van der Waals surface area contributed by atoms with Gasteiger partial charge in [0.25, 0.3) is 0 Å². The first-order valence-electron chi connectivity index (χ1n) is 6.56. The van der Waals surface area contributed by atoms with Crippen molar-refractivity contribution < 1.29 is 4.74 Å². The van der Waals surface area contributed by atoms with E-state index in [9.17, 15) is 0 Å². The SMILES string of the molecule is CCOc1nc(NCc2cc(Cl)ccc2Cl)cc(N)c1C#N. The van der Waals surface area contributed by atoms with Crippen molar-refractivity contribution in [3.63, 3.8) is 0 Å². The summed E-state index contributed by atoms with van der Waals surface area (Å²) in [6, 6.07) is 8.79. The van der Waals surface area contributed by atoms with Crippen LogP contribution in [0.15, 0.2) is 24.3 Å². The average Bonchev–Trinajstić information content (AvgIpc) is 2.48. The van der Waals surface area contributed by atoms with Crippen molar-refractivity contribution in [2.24, 2.45) is 0 Å². The molecule has 0 saturated heterocycles. The number of nitrogens with two attached hydrogens (primary N) is 1. The third-order valence-electron chi connectivity index (χ3n) is 2.88. The van der Waals surface area contributed by atoms with Gasteiger partial charge in [-0.3, -0.25) is 0 Å². The third kappa shape index (κ3) is 3.73. The van der Waals surface area contributed by atoms with Crippen LogP contribution in [0, 0.1) is 11.3 Å². The van der Waals surface area contributed by atoms with Crippen LogP contribution in [0.5, 0.6) is 5.88 Å². The molecule has 114 valence electrons. The molecule has 1 aromatic carbocycles. The van der Waals surface area contributed by atoms with Crippen LogP contribution in [0.1, 0.15) is 18.1 Å². The van der Waals surface area contributed by atoms with Crippen molar-refractivity contribution in [1.29, 1.82) is 5.26 Å². The largest absolute Gasteiger partial charge is 0.477 e. The van der Waals surface area contributed by atoms with Gasteiger partial charge in [0.1, 0.15) is 17.5 Å². The molecule has 0 atom stereocenters. The summed E-state index contributed by atoms with van der Waals surface area (Å²) < 4.78 is 5.34. The summed E-state index contributed by atoms with van der Waals surface area (Å²) in [5.41, 5.74) is 7.22. The van der Waals surface area contributed by atoms with Gasteiger partial charge in [-0.1, -0.05) is 23.2 Å². The van der Waals surface area contributed by atoms with Gasteiger partial charge in [0.05, 0.1) is 12.3 Å². The summed E-state index contributed by atoms with van der Waals surface area (Å²) in [5, 5.41) is 13.4. The summed E-state index contributed by atoms with van der Waals surface area (Å²) in [6.45, 7) is 2.62. The lowest BCUT2D eigenvalue weighted by molar-refractivity contribution is 0.326. The Hall–Kier alpha value is -2.16. The molecule has 0 radical (unpaired) electrons. The van der Waals surface area contributed by atoms with E-state index in [0.29, 0.717) is 34.7 Å². The van der Waals surface area contributed by atoms with E-state index in [-0.39, 0.29) is 11.4 Å². The number of hydrogen-bond acceptors (Lipinski definition) is 5. The average molecular weight is 337 g/mol. The van der Waals surface area contributed by atoms with Crippen LogP contribution in [-0.2, 0) is 6.54 Å². The van der Waals surface area contributed by atoms with Crippen molar-refractivity contribution in [2.45, 2.75) is 13.5 Å². The lowest BCUT2D eigenvalue weighted by atomic mass is 10.2. The first-order valence-corrected chi connectivity index (χ1v) is 7.32. The normalized spacial score (nSPS) is 10.1. The Morgan fingerprint density at radius 1 is 1.36 bits per heavy atom. The molecule has 22 heavy (non-hydrogen) atoms. The predicted octanol–water partition coefficient (Wildman–Crippen LogP) is 3.85. The fourth-order valence-electron chi connectivity index (χ4n) is 1.85. The number of halogens is 2. The highest BCUT2D eigenvalue weighted by Crippen LogP contribution is 2.26. The maximum atomic E-state index is 9.09. The molecule has 0 saturated carbocycles. The molecule has 0 aliphatic heterocycles. The molecular weight excluding hydrogens is 323 g/mol. The Balaban J connectivity index is 2.23. The number of ether oxygens (including phenoxy) is 1. The first-order chi connectivity index (χ1) is 10.5. The van der Waals surface area contributed by atoms with Gasteiger partial charge in [-0.05, 0) is 30.7 Å². The van der Waals surface area contributed by atoms with Gasteiger partial charge < -0.3 is 15.8 Å². The van der Waals surface area contributed by atoms with E-state index in [1.54, 1.807) is 24.3 Å². The number of nitrogen functional groups attached to an aromatic ring is 1. The lowest BCUT2D eigenvalue weighted by Crippen LogP contribution is -2.07. The zero-order valence-electron chi connectivity index (χ0n) is 11.9. The van der Waals surface area contributed by atoms with Crippen LogP contribution in [-0.4, -0.2) is 11.6 Å². The number of nitrogens with zero attached hydrogens (tertiary/aromatic N) is 2. The van der Waals surface area contributed by atoms with Gasteiger partial charge in [0, 0.05) is 22.7 Å². The molecule has 3 N–H and O–H groups in total. The first kappa shape index (κ1) is 16.2. The topological polar surface area (TPSA) is 84.0 Å². The molecule has 0 aliphatic carbocycles. The Kier molecular flexibility index (Phi) is 5.31. The van der Waals surface area contributed by atoms with E-state index in [1.165, 1.54) is 0 Å². The fourth-order valence-corrected chi connectivity index (χ4v) is 2.23. The van der Waals surface area contributed by atoms with Gasteiger partial charge in [-0.2, -0.15) is 10.2 Å². The smallest absolute Gasteiger partial charge is 0.235 e. The number of benzene rings is 1. The quantitative estimate of drug-likeness (QED) is 0.866. The second kappa shape index (κ2) is 7.21. The molecule has 0 spiro atoms.